The van der Waals surface area contributed by atoms with Crippen LogP contribution in [0.1, 0.15) is 102 Å². The molecule has 10 nitrogen and oxygen atoms in total. The highest BCUT2D eigenvalue weighted by molar-refractivity contribution is 6.34. The van der Waals surface area contributed by atoms with Crippen LogP contribution in [0.4, 0.5) is 26.0 Å². The van der Waals surface area contributed by atoms with E-state index in [1.54, 1.807) is 19.4 Å². The molecule has 1 aromatic carbocycles. The molecule has 0 radical (unpaired) electrons. The molecule has 2 aliphatic heterocycles. The third-order valence-corrected chi connectivity index (χ3v) is 11.3. The Morgan fingerprint density at radius 1 is 1.04 bits per heavy atom. The molecule has 0 unspecified atom stereocenters. The van der Waals surface area contributed by atoms with Gasteiger partial charge in [-0.2, -0.15) is 0 Å². The van der Waals surface area contributed by atoms with Crippen LogP contribution in [0.3, 0.4) is 0 Å². The highest BCUT2D eigenvalue weighted by Gasteiger charge is 2.54. The molecule has 0 atom stereocenters. The Labute approximate surface area is 302 Å². The number of rotatable bonds is 8. The van der Waals surface area contributed by atoms with Gasteiger partial charge in [0.05, 0.1) is 50.6 Å². The number of hydrogen-bond donors (Lipinski definition) is 2. The Bertz CT molecular complexity index is 2030. The number of likely N-dealkylation sites (tertiary alicyclic amines) is 1. The molecule has 1 saturated carbocycles. The number of aromatic nitrogens is 4. The molecular formula is C38H45ClF2N8O2. The summed E-state index contributed by atoms with van der Waals surface area (Å²) in [5.41, 5.74) is 2.51. The number of anilines is 3. The lowest BCUT2D eigenvalue weighted by atomic mass is 9.71. The number of hydrogen-bond acceptors (Lipinski definition) is 7. The summed E-state index contributed by atoms with van der Waals surface area (Å²) in [6.07, 6.45) is 10.1. The molecule has 7 rings (SSSR count). The van der Waals surface area contributed by atoms with Crippen molar-refractivity contribution in [3.8, 4) is 11.3 Å². The average Bonchev–Trinajstić information content (AvgIpc) is 3.44. The van der Waals surface area contributed by atoms with E-state index in [0.29, 0.717) is 22.3 Å². The fraction of sp³-hybridized carbons (Fsp3) is 0.500. The first-order chi connectivity index (χ1) is 24.2. The van der Waals surface area contributed by atoms with Gasteiger partial charge in [0, 0.05) is 35.9 Å². The lowest BCUT2D eigenvalue weighted by Crippen LogP contribution is -2.63. The maximum Gasteiger partial charge on any atom is 0.252 e. The van der Waals surface area contributed by atoms with E-state index in [0.717, 1.165) is 37.3 Å². The minimum absolute atomic E-state index is 0.0353. The zero-order valence-corrected chi connectivity index (χ0v) is 30.8. The van der Waals surface area contributed by atoms with Crippen molar-refractivity contribution in [1.29, 1.82) is 0 Å². The summed E-state index contributed by atoms with van der Waals surface area (Å²) in [4.78, 5) is 45.7. The van der Waals surface area contributed by atoms with Gasteiger partial charge in [0.2, 0.25) is 5.91 Å². The van der Waals surface area contributed by atoms with Crippen LogP contribution in [-0.2, 0) is 10.2 Å². The van der Waals surface area contributed by atoms with E-state index in [1.807, 2.05) is 49.3 Å². The van der Waals surface area contributed by atoms with Crippen molar-refractivity contribution in [3.63, 3.8) is 0 Å². The molecule has 4 aromatic rings. The minimum Gasteiger partial charge on any atom is -0.352 e. The maximum atomic E-state index is 15.4. The lowest BCUT2D eigenvalue weighted by molar-refractivity contribution is -0.123. The van der Waals surface area contributed by atoms with Crippen LogP contribution in [0.25, 0.3) is 22.3 Å². The van der Waals surface area contributed by atoms with Gasteiger partial charge in [-0.15, -0.1) is 0 Å². The van der Waals surface area contributed by atoms with Crippen LogP contribution in [0.2, 0.25) is 5.02 Å². The number of nitrogens with zero attached hydrogens (tertiary/aromatic N) is 6. The van der Waals surface area contributed by atoms with Crippen LogP contribution < -0.4 is 15.5 Å². The molecule has 2 amide bonds. The van der Waals surface area contributed by atoms with Crippen LogP contribution in [0, 0.1) is 11.6 Å². The van der Waals surface area contributed by atoms with Gasteiger partial charge in [-0.3, -0.25) is 19.5 Å². The standard InChI is InChI=1S/C38H45ClF2N8O2/c1-7-42-35(50)24-15-26(30(40)31(41)29(24)39)46-34-32-27(44-20-48(32)21(2)3)16-25(45-34)22-14-28-33(43-19-22)37(4,5)36(51)49(28)23-17-38(6,18-23)47-12-10-8-9-11-13-47/h14-16,19-21,23H,7-13,17-18H2,1-6H3,(H,42,50)(H,45,46). The van der Waals surface area contributed by atoms with E-state index in [1.165, 1.54) is 31.7 Å². The van der Waals surface area contributed by atoms with E-state index in [9.17, 15) is 9.59 Å². The Balaban J connectivity index is 1.28. The van der Waals surface area contributed by atoms with E-state index in [2.05, 4.69) is 27.4 Å². The molecule has 5 heterocycles. The van der Waals surface area contributed by atoms with Crippen LogP contribution in [0.15, 0.2) is 30.7 Å². The number of amides is 2. The van der Waals surface area contributed by atoms with Gasteiger partial charge in [-0.05, 0) is 98.5 Å². The topological polar surface area (TPSA) is 108 Å². The quantitative estimate of drug-likeness (QED) is 0.178. The van der Waals surface area contributed by atoms with E-state index in [-0.39, 0.29) is 47.1 Å². The van der Waals surface area contributed by atoms with Crippen molar-refractivity contribution < 1.29 is 18.4 Å². The third kappa shape index (κ3) is 5.93. The molecule has 3 aliphatic rings. The first-order valence-corrected chi connectivity index (χ1v) is 18.3. The molecule has 270 valence electrons. The third-order valence-electron chi connectivity index (χ3n) is 10.9. The molecule has 1 aliphatic carbocycles. The zero-order chi connectivity index (χ0) is 36.4. The summed E-state index contributed by atoms with van der Waals surface area (Å²) in [5, 5.41) is 4.94. The number of nitrogens with one attached hydrogen (secondary N) is 2. The monoisotopic (exact) mass is 718 g/mol. The number of imidazole rings is 1. The van der Waals surface area contributed by atoms with Gasteiger partial charge >= 0.3 is 0 Å². The SMILES string of the molecule is CCNC(=O)c1cc(Nc2nc(-c3cnc4c(c3)N(C3CC(C)(N5CCCCCC5)C3)C(=O)C4(C)C)cc3ncn(C(C)C)c23)c(F)c(F)c1Cl. The van der Waals surface area contributed by atoms with Crippen molar-refractivity contribution in [3.05, 3.63) is 58.6 Å². The predicted octanol–water partition coefficient (Wildman–Crippen LogP) is 7.92. The van der Waals surface area contributed by atoms with E-state index in [4.69, 9.17) is 21.6 Å². The molecule has 0 spiro atoms. The number of carbonyl (C=O) groups is 2. The molecule has 13 heteroatoms. The van der Waals surface area contributed by atoms with Crippen molar-refractivity contribution in [2.45, 2.75) is 103 Å². The molecule has 3 aromatic heterocycles. The second-order valence-electron chi connectivity index (χ2n) is 15.2. The maximum absolute atomic E-state index is 15.4. The number of carbonyl (C=O) groups excluding carboxylic acids is 2. The summed E-state index contributed by atoms with van der Waals surface area (Å²) in [6.45, 7) is 14.3. The normalized spacial score (nSPS) is 21.9. The number of halogens is 3. The average molecular weight is 719 g/mol. The Kier molecular flexibility index (Phi) is 9.06. The van der Waals surface area contributed by atoms with Crippen molar-refractivity contribution in [1.82, 2.24) is 29.7 Å². The Hall–Kier alpha value is -4.16. The minimum atomic E-state index is -1.34. The number of pyridine rings is 2. The molecule has 2 N–H and O–H groups in total. The second-order valence-corrected chi connectivity index (χ2v) is 15.6. The second kappa shape index (κ2) is 13.1. The van der Waals surface area contributed by atoms with Crippen molar-refractivity contribution >= 4 is 51.6 Å². The van der Waals surface area contributed by atoms with Gasteiger partial charge in [-0.25, -0.2) is 18.7 Å². The first-order valence-electron chi connectivity index (χ1n) is 17.9. The smallest absolute Gasteiger partial charge is 0.252 e. The van der Waals surface area contributed by atoms with E-state index >= 15 is 8.78 Å². The van der Waals surface area contributed by atoms with E-state index < -0.39 is 28.0 Å². The van der Waals surface area contributed by atoms with Crippen molar-refractivity contribution in [2.24, 2.45) is 0 Å². The van der Waals surface area contributed by atoms with Gasteiger partial charge in [0.15, 0.2) is 17.5 Å². The Morgan fingerprint density at radius 3 is 2.41 bits per heavy atom. The molecule has 2 fully saturated rings. The summed E-state index contributed by atoms with van der Waals surface area (Å²) >= 11 is 6.07. The summed E-state index contributed by atoms with van der Waals surface area (Å²) in [7, 11) is 0. The first kappa shape index (κ1) is 35.3. The van der Waals surface area contributed by atoms with Gasteiger partial charge in [0.25, 0.3) is 5.91 Å². The number of benzene rings is 1. The molecule has 1 saturated heterocycles. The largest absolute Gasteiger partial charge is 0.352 e. The molecule has 51 heavy (non-hydrogen) atoms. The van der Waals surface area contributed by atoms with Crippen LogP contribution in [-0.4, -0.2) is 67.4 Å². The summed E-state index contributed by atoms with van der Waals surface area (Å²) < 4.78 is 32.4. The zero-order valence-electron chi connectivity index (χ0n) is 30.0. The molecular weight excluding hydrogens is 674 g/mol. The lowest BCUT2D eigenvalue weighted by Gasteiger charge is -2.54. The highest BCUT2D eigenvalue weighted by atomic mass is 35.5. The highest BCUT2D eigenvalue weighted by Crippen LogP contribution is 2.50. The van der Waals surface area contributed by atoms with Crippen LogP contribution in [0.5, 0.6) is 0 Å². The fourth-order valence-corrected chi connectivity index (χ4v) is 8.29. The van der Waals surface area contributed by atoms with Gasteiger partial charge < -0.3 is 20.1 Å². The van der Waals surface area contributed by atoms with Crippen molar-refractivity contribution in [2.75, 3.05) is 29.9 Å². The van der Waals surface area contributed by atoms with Gasteiger partial charge in [-0.1, -0.05) is 24.4 Å². The fourth-order valence-electron chi connectivity index (χ4n) is 8.07. The summed E-state index contributed by atoms with van der Waals surface area (Å²) in [5.74, 6) is -2.97. The Morgan fingerprint density at radius 2 is 1.75 bits per heavy atom. The van der Waals surface area contributed by atoms with Crippen LogP contribution >= 0.6 is 11.6 Å². The predicted molar refractivity (Wildman–Crippen MR) is 196 cm³/mol. The number of fused-ring (bicyclic) bond motifs is 2. The molecule has 0 bridgehead atoms. The van der Waals surface area contributed by atoms with Gasteiger partial charge in [0.1, 0.15) is 5.52 Å². The summed E-state index contributed by atoms with van der Waals surface area (Å²) in [6, 6.07) is 4.99.